The summed E-state index contributed by atoms with van der Waals surface area (Å²) < 4.78 is 2.10. The first-order valence-electron chi connectivity index (χ1n) is 7.78. The van der Waals surface area contributed by atoms with Crippen LogP contribution in [-0.4, -0.2) is 25.4 Å². The van der Waals surface area contributed by atoms with Crippen LogP contribution in [0.4, 0.5) is 0 Å². The number of fused-ring (bicyclic) bond motifs is 1. The largest absolute Gasteiger partial charge is 0.345 e. The van der Waals surface area contributed by atoms with Crippen LogP contribution in [0.5, 0.6) is 0 Å². The lowest BCUT2D eigenvalue weighted by atomic mass is 10.2. The van der Waals surface area contributed by atoms with Gasteiger partial charge in [-0.3, -0.25) is 4.79 Å². The number of nitrogens with zero attached hydrogens (tertiary/aromatic N) is 4. The van der Waals surface area contributed by atoms with Crippen molar-refractivity contribution in [2.24, 2.45) is 0 Å². The summed E-state index contributed by atoms with van der Waals surface area (Å²) in [6.45, 7) is 2.51. The fourth-order valence-corrected chi connectivity index (χ4v) is 3.33. The monoisotopic (exact) mass is 327 g/mol. The molecule has 0 saturated heterocycles. The van der Waals surface area contributed by atoms with Gasteiger partial charge < -0.3 is 9.88 Å². The number of imidazole rings is 1. The molecule has 0 bridgehead atoms. The number of pyridine rings is 1. The Morgan fingerprint density at radius 3 is 3.04 bits per heavy atom. The van der Waals surface area contributed by atoms with E-state index < -0.39 is 0 Å². The number of rotatable bonds is 5. The number of amides is 1. The Morgan fingerprint density at radius 2 is 2.30 bits per heavy atom. The Morgan fingerprint density at radius 1 is 1.43 bits per heavy atom. The minimum atomic E-state index is -0.145. The summed E-state index contributed by atoms with van der Waals surface area (Å²) in [7, 11) is 0. The zero-order valence-electron chi connectivity index (χ0n) is 12.8. The van der Waals surface area contributed by atoms with Crippen molar-refractivity contribution in [3.05, 3.63) is 40.2 Å². The first-order chi connectivity index (χ1) is 11.2. The minimum Gasteiger partial charge on any atom is -0.345 e. The van der Waals surface area contributed by atoms with Crippen molar-refractivity contribution < 1.29 is 4.79 Å². The van der Waals surface area contributed by atoms with Crippen LogP contribution in [0.3, 0.4) is 0 Å². The first-order valence-corrected chi connectivity index (χ1v) is 8.66. The number of carbonyl (C=O) groups excluding carboxylic acids is 1. The standard InChI is InChI=1S/C16H17N5OS/c1-2-11-8-23-14(20-11)7-18-16(22)10-5-13-15(17-6-10)21(9-19-13)12-3-4-12/h5-6,8-9,12H,2-4,7H2,1H3,(H,18,22). The van der Waals surface area contributed by atoms with Gasteiger partial charge in [-0.2, -0.15) is 0 Å². The van der Waals surface area contributed by atoms with Crippen LogP contribution in [0, 0.1) is 0 Å². The summed E-state index contributed by atoms with van der Waals surface area (Å²) in [4.78, 5) is 25.5. The Balaban J connectivity index is 1.48. The van der Waals surface area contributed by atoms with Crippen molar-refractivity contribution in [3.63, 3.8) is 0 Å². The van der Waals surface area contributed by atoms with E-state index in [1.165, 1.54) is 12.8 Å². The van der Waals surface area contributed by atoms with E-state index in [-0.39, 0.29) is 5.91 Å². The summed E-state index contributed by atoms with van der Waals surface area (Å²) in [5, 5.41) is 5.84. The molecule has 0 atom stereocenters. The highest BCUT2D eigenvalue weighted by Crippen LogP contribution is 2.36. The molecule has 0 radical (unpaired) electrons. The number of hydrogen-bond acceptors (Lipinski definition) is 5. The van der Waals surface area contributed by atoms with Gasteiger partial charge in [-0.1, -0.05) is 6.92 Å². The molecule has 1 fully saturated rings. The second-order valence-corrected chi connectivity index (χ2v) is 6.66. The predicted molar refractivity (Wildman–Crippen MR) is 88.5 cm³/mol. The molecule has 0 spiro atoms. The average molecular weight is 327 g/mol. The number of aryl methyl sites for hydroxylation is 1. The smallest absolute Gasteiger partial charge is 0.253 e. The third kappa shape index (κ3) is 2.84. The van der Waals surface area contributed by atoms with Gasteiger partial charge in [0.15, 0.2) is 5.65 Å². The van der Waals surface area contributed by atoms with E-state index in [4.69, 9.17) is 0 Å². The van der Waals surface area contributed by atoms with Crippen molar-refractivity contribution >= 4 is 28.4 Å². The molecule has 4 rings (SSSR count). The summed E-state index contributed by atoms with van der Waals surface area (Å²) in [5.41, 5.74) is 3.22. The molecule has 0 aromatic carbocycles. The molecule has 3 heterocycles. The minimum absolute atomic E-state index is 0.145. The zero-order chi connectivity index (χ0) is 15.8. The van der Waals surface area contributed by atoms with E-state index in [9.17, 15) is 4.79 Å². The summed E-state index contributed by atoms with van der Waals surface area (Å²) in [6.07, 6.45) is 6.72. The van der Waals surface area contributed by atoms with Crippen molar-refractivity contribution in [3.8, 4) is 0 Å². The van der Waals surface area contributed by atoms with Gasteiger partial charge >= 0.3 is 0 Å². The summed E-state index contributed by atoms with van der Waals surface area (Å²) >= 11 is 1.57. The highest BCUT2D eigenvalue weighted by Gasteiger charge is 2.25. The maximum Gasteiger partial charge on any atom is 0.253 e. The van der Waals surface area contributed by atoms with Gasteiger partial charge in [-0.15, -0.1) is 11.3 Å². The highest BCUT2D eigenvalue weighted by atomic mass is 32.1. The molecule has 1 aliphatic carbocycles. The topological polar surface area (TPSA) is 72.7 Å². The van der Waals surface area contributed by atoms with Crippen LogP contribution in [0.25, 0.3) is 11.2 Å². The lowest BCUT2D eigenvalue weighted by Crippen LogP contribution is -2.22. The second kappa shape index (κ2) is 5.73. The van der Waals surface area contributed by atoms with Crippen LogP contribution < -0.4 is 5.32 Å². The molecule has 7 heteroatoms. The average Bonchev–Trinajstić information content (AvgIpc) is 3.17. The molecular weight excluding hydrogens is 310 g/mol. The Hall–Kier alpha value is -2.28. The van der Waals surface area contributed by atoms with E-state index in [2.05, 4.69) is 31.8 Å². The highest BCUT2D eigenvalue weighted by molar-refractivity contribution is 7.09. The molecule has 1 N–H and O–H groups in total. The van der Waals surface area contributed by atoms with E-state index >= 15 is 0 Å². The summed E-state index contributed by atoms with van der Waals surface area (Å²) in [6, 6.07) is 2.33. The van der Waals surface area contributed by atoms with E-state index in [0.717, 1.165) is 28.3 Å². The zero-order valence-corrected chi connectivity index (χ0v) is 13.6. The van der Waals surface area contributed by atoms with Gasteiger partial charge in [0.25, 0.3) is 5.91 Å². The molecule has 0 aliphatic heterocycles. The van der Waals surface area contributed by atoms with Gasteiger partial charge in [0.2, 0.25) is 0 Å². The van der Waals surface area contributed by atoms with E-state index in [0.29, 0.717) is 18.2 Å². The maximum absolute atomic E-state index is 12.3. The Labute approximate surface area is 137 Å². The second-order valence-electron chi connectivity index (χ2n) is 5.72. The number of thiazole rings is 1. The maximum atomic E-state index is 12.3. The molecule has 118 valence electrons. The van der Waals surface area contributed by atoms with E-state index in [1.807, 2.05) is 11.7 Å². The van der Waals surface area contributed by atoms with Crippen LogP contribution in [0.15, 0.2) is 24.0 Å². The van der Waals surface area contributed by atoms with Crippen LogP contribution in [0.1, 0.15) is 46.9 Å². The predicted octanol–water partition coefficient (Wildman–Crippen LogP) is 2.72. The fourth-order valence-electron chi connectivity index (χ4n) is 2.51. The Bertz CT molecular complexity index is 864. The SMILES string of the molecule is CCc1csc(CNC(=O)c2cnc3c(c2)ncn3C2CC2)n1. The first kappa shape index (κ1) is 14.3. The lowest BCUT2D eigenvalue weighted by Gasteiger charge is -2.04. The Kier molecular flexibility index (Phi) is 3.57. The molecule has 3 aromatic heterocycles. The van der Waals surface area contributed by atoms with Crippen LogP contribution in [-0.2, 0) is 13.0 Å². The molecule has 6 nitrogen and oxygen atoms in total. The fraction of sp³-hybridized carbons (Fsp3) is 0.375. The molecule has 0 unspecified atom stereocenters. The van der Waals surface area contributed by atoms with Crippen molar-refractivity contribution in [1.82, 2.24) is 24.8 Å². The normalized spacial score (nSPS) is 14.3. The molecule has 1 aliphatic rings. The van der Waals surface area contributed by atoms with Gasteiger partial charge in [-0.05, 0) is 25.3 Å². The molecule has 3 aromatic rings. The number of hydrogen-bond donors (Lipinski definition) is 1. The van der Waals surface area contributed by atoms with Crippen molar-refractivity contribution in [2.45, 2.75) is 38.8 Å². The summed E-state index contributed by atoms with van der Waals surface area (Å²) in [5.74, 6) is -0.145. The molecule has 1 saturated carbocycles. The van der Waals surface area contributed by atoms with Crippen LogP contribution in [0.2, 0.25) is 0 Å². The quantitative estimate of drug-likeness (QED) is 0.782. The van der Waals surface area contributed by atoms with E-state index in [1.54, 1.807) is 23.6 Å². The number of aromatic nitrogens is 4. The molecular formula is C16H17N5OS. The number of nitrogens with one attached hydrogen (secondary N) is 1. The van der Waals surface area contributed by atoms with Crippen molar-refractivity contribution in [2.75, 3.05) is 0 Å². The van der Waals surface area contributed by atoms with Gasteiger partial charge in [-0.25, -0.2) is 15.0 Å². The molecule has 1 amide bonds. The lowest BCUT2D eigenvalue weighted by molar-refractivity contribution is 0.0950. The van der Waals surface area contributed by atoms with Gasteiger partial charge in [0, 0.05) is 17.6 Å². The third-order valence-corrected chi connectivity index (χ3v) is 4.87. The van der Waals surface area contributed by atoms with Crippen molar-refractivity contribution in [1.29, 1.82) is 0 Å². The van der Waals surface area contributed by atoms with Crippen LogP contribution >= 0.6 is 11.3 Å². The van der Waals surface area contributed by atoms with Gasteiger partial charge in [0.1, 0.15) is 10.5 Å². The molecule has 23 heavy (non-hydrogen) atoms. The van der Waals surface area contributed by atoms with Gasteiger partial charge in [0.05, 0.1) is 24.1 Å². The third-order valence-electron chi connectivity index (χ3n) is 3.98. The number of carbonyl (C=O) groups is 1.